The van der Waals surface area contributed by atoms with Crippen LogP contribution in [0, 0.1) is 12.7 Å². The summed E-state index contributed by atoms with van der Waals surface area (Å²) < 4.78 is 19.8. The van der Waals surface area contributed by atoms with Crippen molar-refractivity contribution in [2.45, 2.75) is 19.9 Å². The number of carbonyl (C=O) groups is 1. The first-order chi connectivity index (χ1) is 14.9. The van der Waals surface area contributed by atoms with Crippen LogP contribution in [0.1, 0.15) is 24.3 Å². The summed E-state index contributed by atoms with van der Waals surface area (Å²) in [5, 5.41) is 10.1. The molecule has 0 saturated carbocycles. The summed E-state index contributed by atoms with van der Waals surface area (Å²) in [5.74, 6) is -0.230. The zero-order chi connectivity index (χ0) is 22.1. The molecule has 0 aliphatic carbocycles. The van der Waals surface area contributed by atoms with Crippen molar-refractivity contribution in [2.75, 3.05) is 10.2 Å². The summed E-state index contributed by atoms with van der Waals surface area (Å²) >= 11 is 11.9. The van der Waals surface area contributed by atoms with Crippen molar-refractivity contribution in [3.8, 4) is 0 Å². The summed E-state index contributed by atoms with van der Waals surface area (Å²) in [6.45, 7) is 3.47. The molecule has 31 heavy (non-hydrogen) atoms. The predicted molar refractivity (Wildman–Crippen MR) is 121 cm³/mol. The van der Waals surface area contributed by atoms with Crippen LogP contribution in [-0.4, -0.2) is 16.2 Å². The van der Waals surface area contributed by atoms with E-state index in [-0.39, 0.29) is 22.0 Å². The van der Waals surface area contributed by atoms with Crippen molar-refractivity contribution >= 4 is 46.3 Å². The Balaban J connectivity index is 1.85. The topological polar surface area (TPSA) is 70.4 Å². The van der Waals surface area contributed by atoms with Gasteiger partial charge in [-0.3, -0.25) is 9.69 Å². The molecule has 4 rings (SSSR count). The quantitative estimate of drug-likeness (QED) is 0.531. The van der Waals surface area contributed by atoms with Crippen LogP contribution in [0.2, 0.25) is 5.02 Å². The second kappa shape index (κ2) is 8.49. The molecule has 1 atom stereocenters. The molecular formula is C22H18ClFN4O2S. The molecule has 2 aromatic carbocycles. The Bertz CT molecular complexity index is 1170. The van der Waals surface area contributed by atoms with Gasteiger partial charge in [0.2, 0.25) is 0 Å². The van der Waals surface area contributed by atoms with Gasteiger partial charge in [-0.2, -0.15) is 0 Å². The van der Waals surface area contributed by atoms with Crippen molar-refractivity contribution < 1.29 is 13.7 Å². The number of rotatable bonds is 4. The number of aryl methyl sites for hydroxylation is 1. The molecule has 1 amide bonds. The first-order valence-corrected chi connectivity index (χ1v) is 10.2. The molecule has 1 aliphatic rings. The number of hydrogen-bond acceptors (Lipinski definition) is 4. The van der Waals surface area contributed by atoms with Gasteiger partial charge >= 0.3 is 0 Å². The fourth-order valence-electron chi connectivity index (χ4n) is 3.54. The zero-order valence-electron chi connectivity index (χ0n) is 16.6. The van der Waals surface area contributed by atoms with Crippen LogP contribution < -0.4 is 15.5 Å². The zero-order valence-corrected chi connectivity index (χ0v) is 18.2. The summed E-state index contributed by atoms with van der Waals surface area (Å²) in [6, 6.07) is 14.4. The number of aromatic nitrogens is 1. The molecule has 0 fully saturated rings. The number of allylic oxidation sites excluding steroid dienone is 1. The first-order valence-electron chi connectivity index (χ1n) is 9.42. The Morgan fingerprint density at radius 2 is 1.97 bits per heavy atom. The maximum absolute atomic E-state index is 14.8. The molecule has 0 radical (unpaired) electrons. The summed E-state index contributed by atoms with van der Waals surface area (Å²) in [6.07, 6.45) is 0. The van der Waals surface area contributed by atoms with Crippen molar-refractivity contribution in [3.05, 3.63) is 88.0 Å². The lowest BCUT2D eigenvalue weighted by atomic mass is 9.93. The van der Waals surface area contributed by atoms with Gasteiger partial charge in [-0.1, -0.05) is 41.0 Å². The Labute approximate surface area is 188 Å². The molecule has 1 unspecified atom stereocenters. The van der Waals surface area contributed by atoms with Crippen molar-refractivity contribution in [1.82, 2.24) is 10.5 Å². The normalized spacial score (nSPS) is 16.3. The fraction of sp³-hybridized carbons (Fsp3) is 0.136. The van der Waals surface area contributed by atoms with Crippen LogP contribution in [0.25, 0.3) is 0 Å². The minimum absolute atomic E-state index is 0.139. The van der Waals surface area contributed by atoms with Gasteiger partial charge in [0.1, 0.15) is 11.6 Å². The highest BCUT2D eigenvalue weighted by Gasteiger charge is 2.37. The summed E-state index contributed by atoms with van der Waals surface area (Å²) in [7, 11) is 0. The van der Waals surface area contributed by atoms with Crippen molar-refractivity contribution in [3.63, 3.8) is 0 Å². The molecule has 2 heterocycles. The maximum atomic E-state index is 14.8. The lowest BCUT2D eigenvalue weighted by molar-refractivity contribution is -0.113. The Morgan fingerprint density at radius 1 is 1.23 bits per heavy atom. The Kier molecular flexibility index (Phi) is 5.75. The predicted octanol–water partition coefficient (Wildman–Crippen LogP) is 5.12. The number of nitrogens with zero attached hydrogens (tertiary/aromatic N) is 2. The SMILES string of the molecule is CC1=C(C(=O)Nc2cc(C)on2)C(c2c(F)cccc2Cl)NC(=S)N1c1ccccc1. The molecule has 158 valence electrons. The number of para-hydroxylation sites is 1. The highest BCUT2D eigenvalue weighted by atomic mass is 35.5. The average Bonchev–Trinajstić information content (AvgIpc) is 3.13. The van der Waals surface area contributed by atoms with Crippen LogP contribution in [0.5, 0.6) is 0 Å². The number of carbonyl (C=O) groups excluding carboxylic acids is 1. The smallest absolute Gasteiger partial charge is 0.257 e. The summed E-state index contributed by atoms with van der Waals surface area (Å²) in [5.41, 5.74) is 1.69. The molecular weight excluding hydrogens is 439 g/mol. The van der Waals surface area contributed by atoms with Crippen molar-refractivity contribution in [1.29, 1.82) is 0 Å². The third-order valence-electron chi connectivity index (χ3n) is 4.90. The van der Waals surface area contributed by atoms with E-state index in [0.29, 0.717) is 16.6 Å². The second-order valence-corrected chi connectivity index (χ2v) is 7.76. The minimum Gasteiger partial charge on any atom is -0.360 e. The molecule has 9 heteroatoms. The van der Waals surface area contributed by atoms with Gasteiger partial charge in [0.15, 0.2) is 10.9 Å². The third kappa shape index (κ3) is 4.04. The molecule has 3 aromatic rings. The van der Waals surface area contributed by atoms with E-state index in [1.807, 2.05) is 30.3 Å². The first kappa shape index (κ1) is 21.0. The van der Waals surface area contributed by atoms with Gasteiger partial charge < -0.3 is 15.2 Å². The van der Waals surface area contributed by atoms with Crippen LogP contribution >= 0.6 is 23.8 Å². The number of halogens is 2. The van der Waals surface area contributed by atoms with E-state index < -0.39 is 17.8 Å². The highest BCUT2D eigenvalue weighted by Crippen LogP contribution is 2.37. The number of benzene rings is 2. The van der Waals surface area contributed by atoms with Gasteiger partial charge in [-0.15, -0.1) is 0 Å². The van der Waals surface area contributed by atoms with Gasteiger partial charge in [-0.25, -0.2) is 4.39 Å². The van der Waals surface area contributed by atoms with Gasteiger partial charge in [-0.05, 0) is 50.3 Å². The number of anilines is 2. The van der Waals surface area contributed by atoms with Crippen molar-refractivity contribution in [2.24, 2.45) is 0 Å². The van der Waals surface area contributed by atoms with E-state index >= 15 is 0 Å². The third-order valence-corrected chi connectivity index (χ3v) is 5.53. The number of amides is 1. The molecule has 2 N–H and O–H groups in total. The monoisotopic (exact) mass is 456 g/mol. The van der Waals surface area contributed by atoms with E-state index in [9.17, 15) is 9.18 Å². The van der Waals surface area contributed by atoms with Gasteiger partial charge in [0, 0.05) is 28.0 Å². The molecule has 0 saturated heterocycles. The lowest BCUT2D eigenvalue weighted by Gasteiger charge is -2.38. The molecule has 1 aliphatic heterocycles. The Morgan fingerprint density at radius 3 is 2.61 bits per heavy atom. The molecule has 0 bridgehead atoms. The van der Waals surface area contributed by atoms with E-state index in [0.717, 1.165) is 5.69 Å². The minimum atomic E-state index is -0.894. The van der Waals surface area contributed by atoms with E-state index in [1.54, 1.807) is 30.9 Å². The highest BCUT2D eigenvalue weighted by molar-refractivity contribution is 7.80. The largest absolute Gasteiger partial charge is 0.360 e. The van der Waals surface area contributed by atoms with E-state index in [2.05, 4.69) is 15.8 Å². The van der Waals surface area contributed by atoms with Crippen LogP contribution in [0.4, 0.5) is 15.9 Å². The molecule has 6 nitrogen and oxygen atoms in total. The van der Waals surface area contributed by atoms with E-state index in [1.165, 1.54) is 12.1 Å². The Hall–Kier alpha value is -3.23. The number of nitrogens with one attached hydrogen (secondary N) is 2. The number of thiocarbonyl (C=S) groups is 1. The van der Waals surface area contributed by atoms with Crippen LogP contribution in [0.3, 0.4) is 0 Å². The molecule has 1 aromatic heterocycles. The van der Waals surface area contributed by atoms with Gasteiger partial charge in [0.25, 0.3) is 5.91 Å². The van der Waals surface area contributed by atoms with Crippen LogP contribution in [0.15, 0.2) is 70.4 Å². The van der Waals surface area contributed by atoms with Gasteiger partial charge in [0.05, 0.1) is 11.6 Å². The fourth-order valence-corrected chi connectivity index (χ4v) is 4.17. The second-order valence-electron chi connectivity index (χ2n) is 6.96. The van der Waals surface area contributed by atoms with Crippen LogP contribution in [-0.2, 0) is 4.79 Å². The van der Waals surface area contributed by atoms with E-state index in [4.69, 9.17) is 28.3 Å². The lowest BCUT2D eigenvalue weighted by Crippen LogP contribution is -2.48. The maximum Gasteiger partial charge on any atom is 0.257 e. The molecule has 0 spiro atoms. The summed E-state index contributed by atoms with van der Waals surface area (Å²) in [4.78, 5) is 15.1. The number of hydrogen-bond donors (Lipinski definition) is 2. The average molecular weight is 457 g/mol. The standard InChI is InChI=1S/C22H18ClFN4O2S/c1-12-11-17(27-30-12)25-21(29)18-13(2)28(14-7-4-3-5-8-14)22(31)26-20(18)19-15(23)9-6-10-16(19)24/h3-11,20H,1-2H3,(H,26,31)(H,25,27,29).